The molecule has 0 heterocycles. The number of carbonyl (C=O) groups is 2. The minimum atomic E-state index is -0.354. The number of unbranched alkanes of at least 4 members (excludes halogenated alkanes) is 6. The van der Waals surface area contributed by atoms with Crippen LogP contribution in [0.5, 0.6) is 5.75 Å². The normalized spacial score (nSPS) is 10.6. The highest BCUT2D eigenvalue weighted by Gasteiger charge is 2.15. The summed E-state index contributed by atoms with van der Waals surface area (Å²) in [6.07, 6.45) is 8.56. The second-order valence-electron chi connectivity index (χ2n) is 6.12. The van der Waals surface area contributed by atoms with Crippen molar-refractivity contribution in [3.05, 3.63) is 29.3 Å². The fourth-order valence-electron chi connectivity index (χ4n) is 2.72. The molecule has 24 heavy (non-hydrogen) atoms. The summed E-state index contributed by atoms with van der Waals surface area (Å²) in [5.41, 5.74) is 1.06. The van der Waals surface area contributed by atoms with Gasteiger partial charge in [-0.3, -0.25) is 9.59 Å². The van der Waals surface area contributed by atoms with Gasteiger partial charge in [0.2, 0.25) is 0 Å². The number of hydrogen-bond acceptors (Lipinski definition) is 4. The molecule has 0 unspecified atom stereocenters. The number of benzene rings is 1. The smallest absolute Gasteiger partial charge is 0.310 e. The highest BCUT2D eigenvalue weighted by molar-refractivity contribution is 5.98. The predicted octanol–water partition coefficient (Wildman–Crippen LogP) is 4.82. The number of hydrogen-bond donors (Lipinski definition) is 1. The average molecular weight is 334 g/mol. The van der Waals surface area contributed by atoms with Gasteiger partial charge >= 0.3 is 5.97 Å². The summed E-state index contributed by atoms with van der Waals surface area (Å²) in [6.45, 7) is 4.27. The van der Waals surface area contributed by atoms with E-state index in [2.05, 4.69) is 6.92 Å². The third kappa shape index (κ3) is 7.62. The van der Waals surface area contributed by atoms with Crippen molar-refractivity contribution in [2.75, 3.05) is 6.61 Å². The van der Waals surface area contributed by atoms with E-state index in [1.165, 1.54) is 37.8 Å². The molecule has 0 bridgehead atoms. The molecular weight excluding hydrogens is 304 g/mol. The van der Waals surface area contributed by atoms with Gasteiger partial charge in [-0.05, 0) is 31.0 Å². The molecule has 0 saturated heterocycles. The monoisotopic (exact) mass is 334 g/mol. The summed E-state index contributed by atoms with van der Waals surface area (Å²) in [4.78, 5) is 24.1. The number of rotatable bonds is 12. The molecule has 134 valence electrons. The molecule has 0 saturated carbocycles. The van der Waals surface area contributed by atoms with Crippen LogP contribution in [0.15, 0.2) is 18.2 Å². The summed E-state index contributed by atoms with van der Waals surface area (Å²) in [5, 5.41) is 9.65. The molecular formula is C20H30O4. The molecule has 1 aromatic carbocycles. The van der Waals surface area contributed by atoms with Crippen LogP contribution in [-0.2, 0) is 16.0 Å². The van der Waals surface area contributed by atoms with Gasteiger partial charge in [-0.1, -0.05) is 51.5 Å². The molecule has 0 aliphatic heterocycles. The van der Waals surface area contributed by atoms with Crippen LogP contribution in [0.3, 0.4) is 0 Å². The van der Waals surface area contributed by atoms with Crippen LogP contribution in [0.2, 0.25) is 0 Å². The molecule has 0 spiro atoms. The Bertz CT molecular complexity index is 522. The number of esters is 1. The lowest BCUT2D eigenvalue weighted by Gasteiger charge is -2.09. The average Bonchev–Trinajstić information content (AvgIpc) is 2.55. The Morgan fingerprint density at radius 3 is 2.33 bits per heavy atom. The van der Waals surface area contributed by atoms with Crippen molar-refractivity contribution in [3.8, 4) is 5.75 Å². The van der Waals surface area contributed by atoms with Crippen molar-refractivity contribution in [1.82, 2.24) is 0 Å². The van der Waals surface area contributed by atoms with Crippen molar-refractivity contribution >= 4 is 11.8 Å². The van der Waals surface area contributed by atoms with Gasteiger partial charge in [0.25, 0.3) is 0 Å². The zero-order valence-electron chi connectivity index (χ0n) is 15.0. The van der Waals surface area contributed by atoms with E-state index in [9.17, 15) is 14.7 Å². The lowest BCUT2D eigenvalue weighted by molar-refractivity contribution is -0.142. The topological polar surface area (TPSA) is 63.6 Å². The molecule has 4 nitrogen and oxygen atoms in total. The van der Waals surface area contributed by atoms with E-state index < -0.39 is 0 Å². The van der Waals surface area contributed by atoms with Crippen LogP contribution < -0.4 is 0 Å². The summed E-state index contributed by atoms with van der Waals surface area (Å²) in [5.74, 6) is -0.322. The summed E-state index contributed by atoms with van der Waals surface area (Å²) in [7, 11) is 0. The maximum Gasteiger partial charge on any atom is 0.310 e. The first-order valence-corrected chi connectivity index (χ1v) is 9.09. The first-order valence-electron chi connectivity index (χ1n) is 9.09. The minimum absolute atomic E-state index is 0.0150. The Hall–Kier alpha value is -1.84. The van der Waals surface area contributed by atoms with Crippen molar-refractivity contribution in [2.45, 2.75) is 71.6 Å². The largest absolute Gasteiger partial charge is 0.508 e. The quantitative estimate of drug-likeness (QED) is 0.338. The molecule has 0 aliphatic rings. The number of Topliss-reactive ketones (excluding diaryl/α,β-unsaturated/α-hetero) is 1. The van der Waals surface area contributed by atoms with Gasteiger partial charge in [-0.15, -0.1) is 0 Å². The molecule has 1 rings (SSSR count). The van der Waals surface area contributed by atoms with Crippen LogP contribution in [0.1, 0.15) is 81.1 Å². The Kier molecular flexibility index (Phi) is 9.81. The number of carbonyl (C=O) groups excluding carboxylic acids is 2. The lowest BCUT2D eigenvalue weighted by atomic mass is 9.97. The molecule has 4 heteroatoms. The second-order valence-corrected chi connectivity index (χ2v) is 6.12. The van der Waals surface area contributed by atoms with Crippen molar-refractivity contribution in [2.24, 2.45) is 0 Å². The SMILES string of the molecule is CCCCCCCCCC(=O)c1cc(O)ccc1CC(=O)OCC. The molecule has 1 N–H and O–H groups in total. The van der Waals surface area contributed by atoms with Crippen LogP contribution >= 0.6 is 0 Å². The zero-order valence-corrected chi connectivity index (χ0v) is 15.0. The summed E-state index contributed by atoms with van der Waals surface area (Å²) >= 11 is 0. The number of ether oxygens (including phenoxy) is 1. The van der Waals surface area contributed by atoms with Crippen LogP contribution in [0.25, 0.3) is 0 Å². The second kappa shape index (κ2) is 11.7. The maximum absolute atomic E-state index is 12.4. The van der Waals surface area contributed by atoms with Gasteiger partial charge in [-0.25, -0.2) is 0 Å². The third-order valence-electron chi connectivity index (χ3n) is 4.04. The maximum atomic E-state index is 12.4. The van der Waals surface area contributed by atoms with Crippen LogP contribution in [0, 0.1) is 0 Å². The van der Waals surface area contributed by atoms with Gasteiger partial charge < -0.3 is 9.84 Å². The first-order chi connectivity index (χ1) is 11.6. The van der Waals surface area contributed by atoms with E-state index in [-0.39, 0.29) is 23.9 Å². The van der Waals surface area contributed by atoms with E-state index in [0.29, 0.717) is 24.2 Å². The van der Waals surface area contributed by atoms with Gasteiger partial charge in [-0.2, -0.15) is 0 Å². The van der Waals surface area contributed by atoms with E-state index in [1.54, 1.807) is 13.0 Å². The number of ketones is 1. The zero-order chi connectivity index (χ0) is 17.8. The fourth-order valence-corrected chi connectivity index (χ4v) is 2.72. The van der Waals surface area contributed by atoms with Crippen LogP contribution in [-0.4, -0.2) is 23.5 Å². The number of aromatic hydroxyl groups is 1. The van der Waals surface area contributed by atoms with Gasteiger partial charge in [0.05, 0.1) is 13.0 Å². The van der Waals surface area contributed by atoms with Crippen molar-refractivity contribution in [1.29, 1.82) is 0 Å². The molecule has 0 amide bonds. The standard InChI is InChI=1S/C20H30O4/c1-3-5-6-7-8-9-10-11-19(22)18-15-17(21)13-12-16(18)14-20(23)24-4-2/h12-13,15,21H,3-11,14H2,1-2H3. The van der Waals surface area contributed by atoms with Crippen LogP contribution in [0.4, 0.5) is 0 Å². The number of phenols is 1. The van der Waals surface area contributed by atoms with E-state index >= 15 is 0 Å². The minimum Gasteiger partial charge on any atom is -0.508 e. The highest BCUT2D eigenvalue weighted by Crippen LogP contribution is 2.20. The summed E-state index contributed by atoms with van der Waals surface area (Å²) in [6, 6.07) is 4.58. The Labute approximate surface area is 145 Å². The van der Waals surface area contributed by atoms with Gasteiger partial charge in [0.1, 0.15) is 5.75 Å². The molecule has 0 atom stereocenters. The van der Waals surface area contributed by atoms with Gasteiger partial charge in [0.15, 0.2) is 5.78 Å². The summed E-state index contributed by atoms with van der Waals surface area (Å²) < 4.78 is 4.94. The third-order valence-corrected chi connectivity index (χ3v) is 4.04. The molecule has 0 radical (unpaired) electrons. The van der Waals surface area contributed by atoms with Gasteiger partial charge in [0, 0.05) is 12.0 Å². The Morgan fingerprint density at radius 2 is 1.67 bits per heavy atom. The van der Waals surface area contributed by atoms with E-state index in [4.69, 9.17) is 4.74 Å². The predicted molar refractivity (Wildman–Crippen MR) is 95.4 cm³/mol. The molecule has 0 aliphatic carbocycles. The first kappa shape index (κ1) is 20.2. The fraction of sp³-hybridized carbons (Fsp3) is 0.600. The van der Waals surface area contributed by atoms with Crippen molar-refractivity contribution < 1.29 is 19.4 Å². The Morgan fingerprint density at radius 1 is 1.00 bits per heavy atom. The van der Waals surface area contributed by atoms with E-state index in [0.717, 1.165) is 19.3 Å². The lowest BCUT2D eigenvalue weighted by Crippen LogP contribution is -2.11. The van der Waals surface area contributed by atoms with E-state index in [1.807, 2.05) is 0 Å². The number of phenolic OH excluding ortho intramolecular Hbond substituents is 1. The molecule has 0 fully saturated rings. The highest BCUT2D eigenvalue weighted by atomic mass is 16.5. The Balaban J connectivity index is 2.52. The van der Waals surface area contributed by atoms with Crippen molar-refractivity contribution in [3.63, 3.8) is 0 Å². The molecule has 0 aromatic heterocycles. The molecule has 1 aromatic rings.